The predicted octanol–water partition coefficient (Wildman–Crippen LogP) is 3.57. The van der Waals surface area contributed by atoms with E-state index in [1.54, 1.807) is 0 Å². The summed E-state index contributed by atoms with van der Waals surface area (Å²) in [4.78, 5) is 26.6. The standard InChI is InChI=1S/C21H23NO2/c23-20-13-18-10-15-4-5-16(11-17(15)12-19(18)14-20)21(24)6-9-22-7-2-1-3-8-22/h4-5,10-12H,1-3,6-9,13-14H2. The molecular formula is C21H23NO2. The molecule has 2 aromatic carbocycles. The van der Waals surface area contributed by atoms with Gasteiger partial charge in [-0.2, -0.15) is 0 Å². The minimum atomic E-state index is 0.221. The Kier molecular flexibility index (Phi) is 4.19. The van der Waals surface area contributed by atoms with E-state index in [4.69, 9.17) is 0 Å². The lowest BCUT2D eigenvalue weighted by Crippen LogP contribution is -2.31. The van der Waals surface area contributed by atoms with Gasteiger partial charge in [-0.3, -0.25) is 9.59 Å². The molecule has 0 radical (unpaired) electrons. The zero-order valence-electron chi connectivity index (χ0n) is 14.0. The van der Waals surface area contributed by atoms with Crippen molar-refractivity contribution in [2.24, 2.45) is 0 Å². The van der Waals surface area contributed by atoms with Gasteiger partial charge in [0.15, 0.2) is 5.78 Å². The number of carbonyl (C=O) groups excluding carboxylic acids is 2. The van der Waals surface area contributed by atoms with Crippen LogP contribution < -0.4 is 0 Å². The molecule has 0 atom stereocenters. The monoisotopic (exact) mass is 321 g/mol. The Morgan fingerprint density at radius 2 is 1.62 bits per heavy atom. The van der Waals surface area contributed by atoms with E-state index < -0.39 is 0 Å². The lowest BCUT2D eigenvalue weighted by molar-refractivity contribution is -0.117. The fourth-order valence-corrected chi connectivity index (χ4v) is 3.97. The number of Topliss-reactive ketones (excluding diaryl/α,β-unsaturated/α-hetero) is 2. The Morgan fingerprint density at radius 3 is 2.38 bits per heavy atom. The van der Waals surface area contributed by atoms with Crippen LogP contribution in [-0.4, -0.2) is 36.1 Å². The van der Waals surface area contributed by atoms with Crippen LogP contribution >= 0.6 is 0 Å². The van der Waals surface area contributed by atoms with Crippen LogP contribution in [-0.2, 0) is 17.6 Å². The van der Waals surface area contributed by atoms with Gasteiger partial charge in [-0.25, -0.2) is 0 Å². The van der Waals surface area contributed by atoms with Gasteiger partial charge in [0.25, 0.3) is 0 Å². The summed E-state index contributed by atoms with van der Waals surface area (Å²) in [7, 11) is 0. The van der Waals surface area contributed by atoms with Crippen molar-refractivity contribution in [2.75, 3.05) is 19.6 Å². The highest BCUT2D eigenvalue weighted by molar-refractivity contribution is 6.01. The largest absolute Gasteiger partial charge is 0.303 e. The molecule has 124 valence electrons. The Morgan fingerprint density at radius 1 is 0.917 bits per heavy atom. The number of rotatable bonds is 4. The summed E-state index contributed by atoms with van der Waals surface area (Å²) in [6, 6.07) is 10.2. The van der Waals surface area contributed by atoms with E-state index in [1.165, 1.54) is 19.3 Å². The van der Waals surface area contributed by atoms with Gasteiger partial charge in [-0.05, 0) is 53.9 Å². The summed E-state index contributed by atoms with van der Waals surface area (Å²) in [5.41, 5.74) is 3.07. The van der Waals surface area contributed by atoms with Crippen molar-refractivity contribution in [3.63, 3.8) is 0 Å². The van der Waals surface area contributed by atoms with Gasteiger partial charge in [0, 0.05) is 31.4 Å². The van der Waals surface area contributed by atoms with E-state index in [0.717, 1.165) is 47.1 Å². The number of hydrogen-bond donors (Lipinski definition) is 0. The first kappa shape index (κ1) is 15.5. The molecule has 3 nitrogen and oxygen atoms in total. The second kappa shape index (κ2) is 6.48. The predicted molar refractivity (Wildman–Crippen MR) is 95.6 cm³/mol. The molecule has 3 heteroatoms. The van der Waals surface area contributed by atoms with Gasteiger partial charge in [0.2, 0.25) is 0 Å². The highest BCUT2D eigenvalue weighted by Gasteiger charge is 2.19. The lowest BCUT2D eigenvalue weighted by Gasteiger charge is -2.25. The molecule has 0 spiro atoms. The second-order valence-corrected chi connectivity index (χ2v) is 7.15. The molecule has 0 amide bonds. The highest BCUT2D eigenvalue weighted by Crippen LogP contribution is 2.27. The molecule has 0 bridgehead atoms. The van der Waals surface area contributed by atoms with E-state index in [-0.39, 0.29) is 11.6 Å². The van der Waals surface area contributed by atoms with E-state index in [2.05, 4.69) is 17.0 Å². The minimum absolute atomic E-state index is 0.221. The summed E-state index contributed by atoms with van der Waals surface area (Å²) in [5, 5.41) is 2.20. The zero-order valence-corrected chi connectivity index (χ0v) is 14.0. The number of fused-ring (bicyclic) bond motifs is 2. The van der Waals surface area contributed by atoms with E-state index in [0.29, 0.717) is 19.3 Å². The maximum Gasteiger partial charge on any atom is 0.164 e. The van der Waals surface area contributed by atoms with Gasteiger partial charge in [-0.1, -0.05) is 30.7 Å². The molecule has 1 aliphatic carbocycles. The number of piperidine rings is 1. The number of hydrogen-bond acceptors (Lipinski definition) is 3. The van der Waals surface area contributed by atoms with Crippen LogP contribution in [0.25, 0.3) is 10.8 Å². The minimum Gasteiger partial charge on any atom is -0.303 e. The molecule has 4 rings (SSSR count). The molecule has 0 N–H and O–H groups in total. The van der Waals surface area contributed by atoms with Gasteiger partial charge in [-0.15, -0.1) is 0 Å². The van der Waals surface area contributed by atoms with Gasteiger partial charge in [0.05, 0.1) is 0 Å². The third-order valence-corrected chi connectivity index (χ3v) is 5.36. The molecule has 0 unspecified atom stereocenters. The van der Waals surface area contributed by atoms with Crippen LogP contribution in [0.15, 0.2) is 30.3 Å². The average molecular weight is 321 g/mol. The van der Waals surface area contributed by atoms with Gasteiger partial charge >= 0.3 is 0 Å². The fourth-order valence-electron chi connectivity index (χ4n) is 3.97. The molecule has 1 fully saturated rings. The topological polar surface area (TPSA) is 37.4 Å². The van der Waals surface area contributed by atoms with E-state index in [1.807, 2.05) is 18.2 Å². The third kappa shape index (κ3) is 3.13. The Bertz CT molecular complexity index is 803. The number of benzene rings is 2. The first-order chi connectivity index (χ1) is 11.7. The number of carbonyl (C=O) groups is 2. The molecule has 1 saturated heterocycles. The SMILES string of the molecule is O=C1Cc2cc3ccc(C(=O)CCN4CCCCC4)cc3cc2C1. The molecule has 24 heavy (non-hydrogen) atoms. The zero-order chi connectivity index (χ0) is 16.5. The quantitative estimate of drug-likeness (QED) is 0.808. The van der Waals surface area contributed by atoms with Crippen LogP contribution in [0, 0.1) is 0 Å². The molecule has 1 heterocycles. The summed E-state index contributed by atoms with van der Waals surface area (Å²) in [5.74, 6) is 0.511. The normalized spacial score (nSPS) is 18.1. The summed E-state index contributed by atoms with van der Waals surface area (Å²) < 4.78 is 0. The Balaban J connectivity index is 1.50. The second-order valence-electron chi connectivity index (χ2n) is 7.15. The molecule has 2 aliphatic rings. The summed E-state index contributed by atoms with van der Waals surface area (Å²) in [6.45, 7) is 3.13. The van der Waals surface area contributed by atoms with E-state index in [9.17, 15) is 9.59 Å². The fraction of sp³-hybridized carbons (Fsp3) is 0.429. The van der Waals surface area contributed by atoms with Crippen LogP contribution in [0.3, 0.4) is 0 Å². The molecular weight excluding hydrogens is 298 g/mol. The maximum atomic E-state index is 12.5. The van der Waals surface area contributed by atoms with Crippen molar-refractivity contribution in [3.8, 4) is 0 Å². The molecule has 2 aromatic rings. The summed E-state index contributed by atoms with van der Waals surface area (Å²) in [6.07, 6.45) is 5.53. The number of likely N-dealkylation sites (tertiary alicyclic amines) is 1. The first-order valence-corrected chi connectivity index (χ1v) is 9.02. The molecule has 0 aromatic heterocycles. The van der Waals surface area contributed by atoms with Gasteiger partial charge < -0.3 is 4.90 Å². The highest BCUT2D eigenvalue weighted by atomic mass is 16.1. The maximum absolute atomic E-state index is 12.5. The van der Waals surface area contributed by atoms with Crippen molar-refractivity contribution in [1.82, 2.24) is 4.90 Å². The van der Waals surface area contributed by atoms with Crippen molar-refractivity contribution in [1.29, 1.82) is 0 Å². The number of nitrogens with zero attached hydrogens (tertiary/aromatic N) is 1. The lowest BCUT2D eigenvalue weighted by atomic mass is 9.98. The molecule has 1 aliphatic heterocycles. The Hall–Kier alpha value is -2.00. The average Bonchev–Trinajstić information content (AvgIpc) is 2.96. The molecule has 0 saturated carbocycles. The van der Waals surface area contributed by atoms with Crippen molar-refractivity contribution in [3.05, 3.63) is 47.0 Å². The summed E-state index contributed by atoms with van der Waals surface area (Å²) >= 11 is 0. The van der Waals surface area contributed by atoms with Crippen molar-refractivity contribution in [2.45, 2.75) is 38.5 Å². The smallest absolute Gasteiger partial charge is 0.164 e. The first-order valence-electron chi connectivity index (χ1n) is 9.02. The van der Waals surface area contributed by atoms with Crippen LogP contribution in [0.5, 0.6) is 0 Å². The van der Waals surface area contributed by atoms with Crippen LogP contribution in [0.4, 0.5) is 0 Å². The van der Waals surface area contributed by atoms with Gasteiger partial charge in [0.1, 0.15) is 5.78 Å². The van der Waals surface area contributed by atoms with Crippen molar-refractivity contribution >= 4 is 22.3 Å². The van der Waals surface area contributed by atoms with Crippen LogP contribution in [0.2, 0.25) is 0 Å². The third-order valence-electron chi connectivity index (χ3n) is 5.36. The Labute approximate surface area is 142 Å². The van der Waals surface area contributed by atoms with Crippen LogP contribution in [0.1, 0.15) is 47.2 Å². The van der Waals surface area contributed by atoms with Crippen molar-refractivity contribution < 1.29 is 9.59 Å². The van der Waals surface area contributed by atoms with E-state index >= 15 is 0 Å². The number of ketones is 2.